The summed E-state index contributed by atoms with van der Waals surface area (Å²) in [5, 5.41) is 11.6. The summed E-state index contributed by atoms with van der Waals surface area (Å²) in [6, 6.07) is 6.84. The summed E-state index contributed by atoms with van der Waals surface area (Å²) in [4.78, 5) is 35.8. The minimum absolute atomic E-state index is 0.0373. The Bertz CT molecular complexity index is 553. The van der Waals surface area contributed by atoms with Gasteiger partial charge in [-0.15, -0.1) is 0 Å². The Morgan fingerprint density at radius 3 is 2.62 bits per heavy atom. The van der Waals surface area contributed by atoms with Gasteiger partial charge in [0, 0.05) is 13.0 Å². The Balaban J connectivity index is 1.98. The average Bonchev–Trinajstić information content (AvgIpc) is 2.46. The van der Waals surface area contributed by atoms with Crippen LogP contribution in [0.4, 0.5) is 0 Å². The summed E-state index contributed by atoms with van der Waals surface area (Å²) in [5.41, 5.74) is 2.16. The maximum Gasteiger partial charge on any atom is 0.328 e. The average molecular weight is 290 g/mol. The molecular formula is C15H18N2O4. The predicted molar refractivity (Wildman–Crippen MR) is 75.6 cm³/mol. The molecule has 1 aliphatic rings. The first-order valence-electron chi connectivity index (χ1n) is 6.82. The van der Waals surface area contributed by atoms with E-state index in [9.17, 15) is 14.4 Å². The van der Waals surface area contributed by atoms with Crippen LogP contribution in [0.1, 0.15) is 17.5 Å². The number of aliphatic carboxylic acids is 1. The van der Waals surface area contributed by atoms with Gasteiger partial charge in [0.15, 0.2) is 0 Å². The van der Waals surface area contributed by atoms with E-state index in [0.29, 0.717) is 6.42 Å². The van der Waals surface area contributed by atoms with E-state index < -0.39 is 12.0 Å². The molecule has 0 aromatic heterocycles. The van der Waals surface area contributed by atoms with Crippen LogP contribution >= 0.6 is 0 Å². The molecule has 2 rings (SSSR count). The Morgan fingerprint density at radius 1 is 1.33 bits per heavy atom. The molecule has 1 saturated heterocycles. The number of carboxylic acids is 1. The number of carbonyl (C=O) groups excluding carboxylic acids is 2. The SMILES string of the molecule is Cc1ccc(CCC(=O)N2CC(=O)NCC2C(=O)O)cc1. The zero-order valence-corrected chi connectivity index (χ0v) is 11.8. The number of rotatable bonds is 4. The highest BCUT2D eigenvalue weighted by Gasteiger charge is 2.34. The predicted octanol–water partition coefficient (Wildman–Crippen LogP) is 0.339. The maximum atomic E-state index is 12.2. The number of nitrogens with zero attached hydrogens (tertiary/aromatic N) is 1. The lowest BCUT2D eigenvalue weighted by Crippen LogP contribution is -2.59. The summed E-state index contributed by atoms with van der Waals surface area (Å²) in [6.07, 6.45) is 0.726. The number of piperazine rings is 1. The van der Waals surface area contributed by atoms with Gasteiger partial charge in [-0.2, -0.15) is 0 Å². The monoisotopic (exact) mass is 290 g/mol. The third kappa shape index (κ3) is 3.81. The van der Waals surface area contributed by atoms with Gasteiger partial charge >= 0.3 is 5.97 Å². The molecular weight excluding hydrogens is 272 g/mol. The lowest BCUT2D eigenvalue weighted by atomic mass is 10.1. The molecule has 0 aliphatic carbocycles. The van der Waals surface area contributed by atoms with E-state index in [2.05, 4.69) is 5.32 Å². The van der Waals surface area contributed by atoms with Crippen molar-refractivity contribution in [3.63, 3.8) is 0 Å². The quantitative estimate of drug-likeness (QED) is 0.837. The molecule has 0 bridgehead atoms. The van der Waals surface area contributed by atoms with Crippen molar-refractivity contribution < 1.29 is 19.5 Å². The molecule has 0 radical (unpaired) electrons. The Morgan fingerprint density at radius 2 is 2.00 bits per heavy atom. The molecule has 1 aromatic rings. The van der Waals surface area contributed by atoms with Crippen LogP contribution in [0.15, 0.2) is 24.3 Å². The van der Waals surface area contributed by atoms with Gasteiger partial charge in [-0.1, -0.05) is 29.8 Å². The number of carbonyl (C=O) groups is 3. The van der Waals surface area contributed by atoms with Gasteiger partial charge in [-0.3, -0.25) is 9.59 Å². The minimum Gasteiger partial charge on any atom is -0.480 e. The van der Waals surface area contributed by atoms with E-state index in [1.165, 1.54) is 0 Å². The third-order valence-corrected chi connectivity index (χ3v) is 3.54. The molecule has 1 unspecified atom stereocenters. The molecule has 0 spiro atoms. The Kier molecular flexibility index (Phi) is 4.57. The molecule has 1 aromatic carbocycles. The molecule has 1 heterocycles. The second-order valence-electron chi connectivity index (χ2n) is 5.17. The molecule has 2 N–H and O–H groups in total. The van der Waals surface area contributed by atoms with Crippen molar-refractivity contribution in [3.8, 4) is 0 Å². The minimum atomic E-state index is -1.10. The number of hydrogen-bond donors (Lipinski definition) is 2. The van der Waals surface area contributed by atoms with Crippen molar-refractivity contribution in [2.45, 2.75) is 25.8 Å². The molecule has 6 nitrogen and oxygen atoms in total. The van der Waals surface area contributed by atoms with E-state index >= 15 is 0 Å². The van der Waals surface area contributed by atoms with E-state index in [-0.39, 0.29) is 31.3 Å². The fraction of sp³-hybridized carbons (Fsp3) is 0.400. The number of amides is 2. The van der Waals surface area contributed by atoms with Crippen molar-refractivity contribution in [2.75, 3.05) is 13.1 Å². The van der Waals surface area contributed by atoms with Crippen LogP contribution in [0.5, 0.6) is 0 Å². The topological polar surface area (TPSA) is 86.7 Å². The highest BCUT2D eigenvalue weighted by atomic mass is 16.4. The molecule has 21 heavy (non-hydrogen) atoms. The standard InChI is InChI=1S/C15H18N2O4/c1-10-2-4-11(5-3-10)6-7-14(19)17-9-13(18)16-8-12(17)15(20)21/h2-5,12H,6-9H2,1H3,(H,16,18)(H,20,21). The number of benzene rings is 1. The van der Waals surface area contributed by atoms with Gasteiger partial charge in [0.1, 0.15) is 12.6 Å². The Hall–Kier alpha value is -2.37. The van der Waals surface area contributed by atoms with Crippen LogP contribution in [0.2, 0.25) is 0 Å². The van der Waals surface area contributed by atoms with Gasteiger partial charge in [-0.25, -0.2) is 4.79 Å². The highest BCUT2D eigenvalue weighted by molar-refractivity contribution is 5.91. The fourth-order valence-corrected chi connectivity index (χ4v) is 2.27. The van der Waals surface area contributed by atoms with Crippen molar-refractivity contribution >= 4 is 17.8 Å². The number of nitrogens with one attached hydrogen (secondary N) is 1. The number of aryl methyl sites for hydroxylation is 2. The van der Waals surface area contributed by atoms with Gasteiger partial charge in [0.25, 0.3) is 0 Å². The summed E-state index contributed by atoms with van der Waals surface area (Å²) in [6.45, 7) is 1.76. The molecule has 6 heteroatoms. The molecule has 0 saturated carbocycles. The normalized spacial score (nSPS) is 18.2. The van der Waals surface area contributed by atoms with Crippen LogP contribution in [0.3, 0.4) is 0 Å². The van der Waals surface area contributed by atoms with Gasteiger partial charge in [-0.05, 0) is 18.9 Å². The largest absolute Gasteiger partial charge is 0.480 e. The van der Waals surface area contributed by atoms with Gasteiger partial charge in [0.2, 0.25) is 11.8 Å². The van der Waals surface area contributed by atoms with Crippen molar-refractivity contribution in [1.29, 1.82) is 0 Å². The lowest BCUT2D eigenvalue weighted by molar-refractivity contribution is -0.154. The lowest BCUT2D eigenvalue weighted by Gasteiger charge is -2.32. The smallest absolute Gasteiger partial charge is 0.328 e. The summed E-state index contributed by atoms with van der Waals surface area (Å²) in [7, 11) is 0. The zero-order valence-electron chi connectivity index (χ0n) is 11.8. The first-order valence-corrected chi connectivity index (χ1v) is 6.82. The van der Waals surface area contributed by atoms with Gasteiger partial charge in [0.05, 0.1) is 0 Å². The third-order valence-electron chi connectivity index (χ3n) is 3.54. The number of hydrogen-bond acceptors (Lipinski definition) is 3. The molecule has 1 aliphatic heterocycles. The van der Waals surface area contributed by atoms with Crippen molar-refractivity contribution in [2.24, 2.45) is 0 Å². The summed E-state index contributed by atoms with van der Waals surface area (Å²) in [5.74, 6) is -1.73. The molecule has 1 fully saturated rings. The first kappa shape index (κ1) is 15.0. The summed E-state index contributed by atoms with van der Waals surface area (Å²) < 4.78 is 0. The van der Waals surface area contributed by atoms with Crippen molar-refractivity contribution in [1.82, 2.24) is 10.2 Å². The van der Waals surface area contributed by atoms with E-state index in [1.807, 2.05) is 31.2 Å². The first-order chi connectivity index (χ1) is 9.97. The van der Waals surface area contributed by atoms with E-state index in [0.717, 1.165) is 16.0 Å². The van der Waals surface area contributed by atoms with Crippen LogP contribution in [0, 0.1) is 6.92 Å². The number of carboxylic acid groups (broad SMARTS) is 1. The molecule has 112 valence electrons. The molecule has 2 amide bonds. The molecule has 1 atom stereocenters. The van der Waals surface area contributed by atoms with E-state index in [4.69, 9.17) is 5.11 Å². The zero-order chi connectivity index (χ0) is 15.4. The van der Waals surface area contributed by atoms with E-state index in [1.54, 1.807) is 0 Å². The second-order valence-corrected chi connectivity index (χ2v) is 5.17. The van der Waals surface area contributed by atoms with Crippen molar-refractivity contribution in [3.05, 3.63) is 35.4 Å². The maximum absolute atomic E-state index is 12.2. The van der Waals surface area contributed by atoms with Crippen LogP contribution < -0.4 is 5.32 Å². The van der Waals surface area contributed by atoms with Gasteiger partial charge < -0.3 is 15.3 Å². The van der Waals surface area contributed by atoms with Crippen LogP contribution in [0.25, 0.3) is 0 Å². The van der Waals surface area contributed by atoms with Crippen LogP contribution in [-0.4, -0.2) is 46.9 Å². The second kappa shape index (κ2) is 6.39. The fourth-order valence-electron chi connectivity index (χ4n) is 2.27. The highest BCUT2D eigenvalue weighted by Crippen LogP contribution is 2.11. The van der Waals surface area contributed by atoms with Crippen LogP contribution in [-0.2, 0) is 20.8 Å². The summed E-state index contributed by atoms with van der Waals surface area (Å²) >= 11 is 0. The Labute approximate surface area is 122 Å².